The molecule has 30 heavy (non-hydrogen) atoms. The summed E-state index contributed by atoms with van der Waals surface area (Å²) in [5, 5.41) is 13.7. The Hall–Kier alpha value is -2.32. The molecule has 2 aromatic rings. The van der Waals surface area contributed by atoms with Crippen molar-refractivity contribution in [2.45, 2.75) is 51.6 Å². The van der Waals surface area contributed by atoms with Crippen molar-refractivity contribution in [2.24, 2.45) is 0 Å². The average Bonchev–Trinajstić information content (AvgIpc) is 2.69. The Morgan fingerprint density at radius 3 is 1.43 bits per heavy atom. The molecule has 3 rings (SSSR count). The van der Waals surface area contributed by atoms with E-state index in [0.717, 1.165) is 25.7 Å². The van der Waals surface area contributed by atoms with Gasteiger partial charge in [-0.1, -0.05) is 12.1 Å². The second-order valence-electron chi connectivity index (χ2n) is 7.67. The summed E-state index contributed by atoms with van der Waals surface area (Å²) in [6.45, 7) is 3.45. The van der Waals surface area contributed by atoms with Crippen molar-refractivity contribution in [2.75, 3.05) is 10.6 Å². The summed E-state index contributed by atoms with van der Waals surface area (Å²) in [4.78, 5) is 0. The van der Waals surface area contributed by atoms with Crippen LogP contribution in [0.5, 0.6) is 0 Å². The third kappa shape index (κ3) is 6.34. The van der Waals surface area contributed by atoms with E-state index in [2.05, 4.69) is 21.3 Å². The summed E-state index contributed by atoms with van der Waals surface area (Å²) >= 11 is 10.7. The maximum absolute atomic E-state index is 13.7. The van der Waals surface area contributed by atoms with E-state index in [1.54, 1.807) is 38.1 Å². The van der Waals surface area contributed by atoms with Gasteiger partial charge in [-0.15, -0.1) is 0 Å². The fourth-order valence-electron chi connectivity index (χ4n) is 3.43. The van der Waals surface area contributed by atoms with Crippen LogP contribution in [0.4, 0.5) is 20.2 Å². The number of hydrogen-bond donors (Lipinski definition) is 4. The van der Waals surface area contributed by atoms with Crippen LogP contribution in [-0.4, -0.2) is 22.3 Å². The van der Waals surface area contributed by atoms with E-state index in [4.69, 9.17) is 24.4 Å². The van der Waals surface area contributed by atoms with Gasteiger partial charge in [0.1, 0.15) is 11.6 Å². The SMILES string of the molecule is Cc1ccc(NC(=S)NC2CCC(NC(=S)Nc3ccc(C)c(F)c3)CC2)cc1F. The third-order valence-corrected chi connectivity index (χ3v) is 5.70. The van der Waals surface area contributed by atoms with Crippen molar-refractivity contribution in [1.82, 2.24) is 10.6 Å². The standard InChI is InChI=1S/C22H26F2N4S2/c1-13-3-5-17(11-19(13)23)27-21(29)25-15-7-9-16(10-8-15)26-22(30)28-18-6-4-14(2)20(24)12-18/h3-6,11-12,15-16H,7-10H2,1-2H3,(H2,25,27,29)(H2,26,28,30). The highest BCUT2D eigenvalue weighted by molar-refractivity contribution is 7.80. The lowest BCUT2D eigenvalue weighted by molar-refractivity contribution is 0.356. The summed E-state index contributed by atoms with van der Waals surface area (Å²) in [5.74, 6) is -0.514. The van der Waals surface area contributed by atoms with E-state index < -0.39 is 0 Å². The van der Waals surface area contributed by atoms with Crippen LogP contribution in [0.3, 0.4) is 0 Å². The van der Waals surface area contributed by atoms with Crippen LogP contribution in [0.25, 0.3) is 0 Å². The summed E-state index contributed by atoms with van der Waals surface area (Å²) < 4.78 is 27.3. The van der Waals surface area contributed by atoms with E-state index in [0.29, 0.717) is 32.7 Å². The Morgan fingerprint density at radius 2 is 1.10 bits per heavy atom. The first-order valence-electron chi connectivity index (χ1n) is 9.97. The molecule has 1 saturated carbocycles. The van der Waals surface area contributed by atoms with Gasteiger partial charge in [-0.25, -0.2) is 8.78 Å². The topological polar surface area (TPSA) is 48.1 Å². The third-order valence-electron chi connectivity index (χ3n) is 5.26. The van der Waals surface area contributed by atoms with Gasteiger partial charge in [0.15, 0.2) is 10.2 Å². The molecular weight excluding hydrogens is 422 g/mol. The van der Waals surface area contributed by atoms with Crippen LogP contribution < -0.4 is 21.3 Å². The smallest absolute Gasteiger partial charge is 0.170 e. The molecule has 0 radical (unpaired) electrons. The second-order valence-corrected chi connectivity index (χ2v) is 8.49. The number of hydrogen-bond acceptors (Lipinski definition) is 2. The second kappa shape index (κ2) is 10.1. The Labute approximate surface area is 186 Å². The van der Waals surface area contributed by atoms with Crippen molar-refractivity contribution < 1.29 is 8.78 Å². The van der Waals surface area contributed by atoms with Gasteiger partial charge < -0.3 is 21.3 Å². The van der Waals surface area contributed by atoms with Crippen LogP contribution >= 0.6 is 24.4 Å². The van der Waals surface area contributed by atoms with Crippen molar-refractivity contribution in [3.63, 3.8) is 0 Å². The first kappa shape index (κ1) is 22.4. The number of benzene rings is 2. The molecule has 0 unspecified atom stereocenters. The average molecular weight is 449 g/mol. The number of thiocarbonyl (C=S) groups is 2. The van der Waals surface area contributed by atoms with Crippen LogP contribution in [0.1, 0.15) is 36.8 Å². The number of halogens is 2. The Balaban J connectivity index is 1.40. The van der Waals surface area contributed by atoms with Gasteiger partial charge in [-0.2, -0.15) is 0 Å². The monoisotopic (exact) mass is 448 g/mol. The molecule has 160 valence electrons. The number of anilines is 2. The van der Waals surface area contributed by atoms with Gasteiger partial charge in [0.25, 0.3) is 0 Å². The fourth-order valence-corrected chi connectivity index (χ4v) is 4.00. The zero-order chi connectivity index (χ0) is 21.7. The van der Waals surface area contributed by atoms with Gasteiger partial charge in [0, 0.05) is 23.5 Å². The van der Waals surface area contributed by atoms with Gasteiger partial charge >= 0.3 is 0 Å². The van der Waals surface area contributed by atoms with E-state index in [1.165, 1.54) is 12.1 Å². The van der Waals surface area contributed by atoms with Crippen LogP contribution in [0, 0.1) is 25.5 Å². The highest BCUT2D eigenvalue weighted by atomic mass is 32.1. The van der Waals surface area contributed by atoms with E-state index >= 15 is 0 Å². The minimum atomic E-state index is -0.257. The zero-order valence-corrected chi connectivity index (χ0v) is 18.7. The number of aryl methyl sites for hydroxylation is 2. The normalized spacial score (nSPS) is 18.4. The lowest BCUT2D eigenvalue weighted by atomic mass is 9.91. The first-order chi connectivity index (χ1) is 14.3. The Morgan fingerprint density at radius 1 is 0.733 bits per heavy atom. The molecule has 2 aromatic carbocycles. The predicted octanol–water partition coefficient (Wildman–Crippen LogP) is 5.17. The van der Waals surface area contributed by atoms with Gasteiger partial charge in [0.2, 0.25) is 0 Å². The molecule has 0 spiro atoms. The van der Waals surface area contributed by atoms with Crippen molar-refractivity contribution in [3.8, 4) is 0 Å². The van der Waals surface area contributed by atoms with Gasteiger partial charge in [-0.05, 0) is 99.4 Å². The molecule has 1 aliphatic rings. The molecule has 0 bridgehead atoms. The molecular formula is C22H26F2N4S2. The Bertz CT molecular complexity index is 852. The summed E-state index contributed by atoms with van der Waals surface area (Å²) in [5.41, 5.74) is 2.47. The fraction of sp³-hybridized carbons (Fsp3) is 0.364. The van der Waals surface area contributed by atoms with E-state index in [-0.39, 0.29) is 23.7 Å². The molecule has 4 N–H and O–H groups in total. The Kier molecular flexibility index (Phi) is 7.55. The molecule has 0 atom stereocenters. The van der Waals surface area contributed by atoms with E-state index in [1.807, 2.05) is 0 Å². The highest BCUT2D eigenvalue weighted by Gasteiger charge is 2.22. The number of nitrogens with one attached hydrogen (secondary N) is 4. The first-order valence-corrected chi connectivity index (χ1v) is 10.8. The summed E-state index contributed by atoms with van der Waals surface area (Å²) in [7, 11) is 0. The zero-order valence-electron chi connectivity index (χ0n) is 17.0. The minimum absolute atomic E-state index is 0.256. The molecule has 1 fully saturated rings. The number of rotatable bonds is 4. The summed E-state index contributed by atoms with van der Waals surface area (Å²) in [6, 6.07) is 10.5. The largest absolute Gasteiger partial charge is 0.360 e. The van der Waals surface area contributed by atoms with Crippen molar-refractivity contribution in [3.05, 3.63) is 59.2 Å². The van der Waals surface area contributed by atoms with Crippen LogP contribution in [-0.2, 0) is 0 Å². The van der Waals surface area contributed by atoms with Crippen molar-refractivity contribution >= 4 is 46.0 Å². The van der Waals surface area contributed by atoms with Crippen LogP contribution in [0.15, 0.2) is 36.4 Å². The highest BCUT2D eigenvalue weighted by Crippen LogP contribution is 2.20. The quantitative estimate of drug-likeness (QED) is 0.485. The van der Waals surface area contributed by atoms with E-state index in [9.17, 15) is 8.78 Å². The molecule has 0 aliphatic heterocycles. The molecule has 1 aliphatic carbocycles. The van der Waals surface area contributed by atoms with Gasteiger partial charge in [-0.3, -0.25) is 0 Å². The van der Waals surface area contributed by atoms with Crippen molar-refractivity contribution in [1.29, 1.82) is 0 Å². The van der Waals surface area contributed by atoms with Gasteiger partial charge in [0.05, 0.1) is 0 Å². The van der Waals surface area contributed by atoms with Crippen LogP contribution in [0.2, 0.25) is 0 Å². The molecule has 8 heteroatoms. The minimum Gasteiger partial charge on any atom is -0.360 e. The molecule has 0 heterocycles. The molecule has 4 nitrogen and oxygen atoms in total. The molecule has 0 aromatic heterocycles. The lowest BCUT2D eigenvalue weighted by Gasteiger charge is -2.31. The lowest BCUT2D eigenvalue weighted by Crippen LogP contribution is -2.45. The summed E-state index contributed by atoms with van der Waals surface area (Å²) in [6.07, 6.45) is 3.74. The molecule has 0 amide bonds. The predicted molar refractivity (Wildman–Crippen MR) is 127 cm³/mol. The maximum Gasteiger partial charge on any atom is 0.170 e. The molecule has 0 saturated heterocycles. The maximum atomic E-state index is 13.7.